The number of hydrogen-bond donors (Lipinski definition) is 3. The van der Waals surface area contributed by atoms with E-state index in [0.717, 1.165) is 42.1 Å². The second-order valence-electron chi connectivity index (χ2n) is 9.71. The normalized spacial score (nSPS) is 12.4. The van der Waals surface area contributed by atoms with Crippen molar-refractivity contribution in [3.8, 4) is 0 Å². The van der Waals surface area contributed by atoms with Gasteiger partial charge in [-0.1, -0.05) is 95.1 Å². The smallest absolute Gasteiger partial charge is 0.326 e. The molecule has 1 heterocycles. The summed E-state index contributed by atoms with van der Waals surface area (Å²) in [6.07, 6.45) is 24.4. The average molecular weight is 483 g/mol. The molecule has 0 bridgehead atoms. The zero-order chi connectivity index (χ0) is 25.1. The van der Waals surface area contributed by atoms with Crippen molar-refractivity contribution in [2.24, 2.45) is 0 Å². The van der Waals surface area contributed by atoms with Crippen LogP contribution in [0.2, 0.25) is 0 Å². The van der Waals surface area contributed by atoms with Crippen LogP contribution in [0.4, 0.5) is 0 Å². The van der Waals surface area contributed by atoms with Crippen molar-refractivity contribution < 1.29 is 14.7 Å². The number of hydrogen-bond acceptors (Lipinski definition) is 2. The summed E-state index contributed by atoms with van der Waals surface area (Å²) >= 11 is 0. The highest BCUT2D eigenvalue weighted by Gasteiger charge is 2.21. The first kappa shape index (κ1) is 28.7. The first-order valence-corrected chi connectivity index (χ1v) is 13.8. The zero-order valence-corrected chi connectivity index (χ0v) is 21.7. The van der Waals surface area contributed by atoms with Crippen LogP contribution >= 0.6 is 0 Å². The van der Waals surface area contributed by atoms with E-state index in [1.807, 2.05) is 30.5 Å². The van der Waals surface area contributed by atoms with Crippen LogP contribution in [0.5, 0.6) is 0 Å². The molecular weight excluding hydrogens is 436 g/mol. The van der Waals surface area contributed by atoms with Gasteiger partial charge in [0.15, 0.2) is 0 Å². The predicted octanol–water partition coefficient (Wildman–Crippen LogP) is 7.71. The Morgan fingerprint density at radius 2 is 1.49 bits per heavy atom. The van der Waals surface area contributed by atoms with Crippen molar-refractivity contribution in [1.29, 1.82) is 0 Å². The van der Waals surface area contributed by atoms with E-state index in [9.17, 15) is 14.7 Å². The number of benzene rings is 1. The minimum absolute atomic E-state index is 0.175. The van der Waals surface area contributed by atoms with Gasteiger partial charge in [-0.3, -0.25) is 4.79 Å². The molecule has 0 aliphatic carbocycles. The lowest BCUT2D eigenvalue weighted by atomic mass is 10.0. The average Bonchev–Trinajstić information content (AvgIpc) is 3.26. The number of carbonyl (C=O) groups excluding carboxylic acids is 1. The first-order chi connectivity index (χ1) is 17.1. The second kappa shape index (κ2) is 17.8. The van der Waals surface area contributed by atoms with Crippen LogP contribution in [0, 0.1) is 0 Å². The highest BCUT2D eigenvalue weighted by Crippen LogP contribution is 2.19. The number of carboxylic acid groups (broad SMARTS) is 1. The molecule has 0 saturated heterocycles. The summed E-state index contributed by atoms with van der Waals surface area (Å²) in [6, 6.07) is 6.89. The van der Waals surface area contributed by atoms with Crippen molar-refractivity contribution in [2.45, 2.75) is 116 Å². The number of para-hydroxylation sites is 1. The number of H-pyrrole nitrogens is 1. The molecule has 0 fully saturated rings. The van der Waals surface area contributed by atoms with E-state index in [0.29, 0.717) is 6.42 Å². The molecule has 2 rings (SSSR count). The number of carbonyl (C=O) groups is 2. The second-order valence-corrected chi connectivity index (χ2v) is 9.71. The Balaban J connectivity index is 1.49. The van der Waals surface area contributed by atoms with Gasteiger partial charge in [-0.25, -0.2) is 4.79 Å². The van der Waals surface area contributed by atoms with Gasteiger partial charge in [0.1, 0.15) is 6.04 Å². The minimum Gasteiger partial charge on any atom is -0.480 e. The van der Waals surface area contributed by atoms with Crippen molar-refractivity contribution in [3.63, 3.8) is 0 Å². The third-order valence-corrected chi connectivity index (χ3v) is 6.65. The molecule has 0 radical (unpaired) electrons. The first-order valence-electron chi connectivity index (χ1n) is 13.8. The third-order valence-electron chi connectivity index (χ3n) is 6.65. The Hall–Kier alpha value is -2.56. The Kier molecular flexibility index (Phi) is 14.6. The summed E-state index contributed by atoms with van der Waals surface area (Å²) in [5, 5.41) is 13.3. The number of amides is 1. The number of rotatable bonds is 20. The third kappa shape index (κ3) is 12.1. The molecule has 0 spiro atoms. The summed E-state index contributed by atoms with van der Waals surface area (Å²) in [7, 11) is 0. The maximum Gasteiger partial charge on any atom is 0.326 e. The monoisotopic (exact) mass is 482 g/mol. The fourth-order valence-corrected chi connectivity index (χ4v) is 4.52. The van der Waals surface area contributed by atoms with Gasteiger partial charge >= 0.3 is 5.97 Å². The number of aromatic nitrogens is 1. The Bertz CT molecular complexity index is 887. The van der Waals surface area contributed by atoms with E-state index >= 15 is 0 Å². The van der Waals surface area contributed by atoms with Gasteiger partial charge in [-0.05, 0) is 43.7 Å². The molecule has 0 saturated carbocycles. The standard InChI is InChI=1S/C30H46N2O3/c1-2-3-4-5-6-7-8-9-10-11-12-13-14-15-16-17-22-29(33)32-28(30(34)35)23-25-24-31-27-21-19-18-20-26(25)27/h10-11,18-21,24,28,31H,2-9,12-17,22-23H2,1H3,(H,32,33)(H,34,35)/b11-10-. The molecule has 35 heavy (non-hydrogen) atoms. The number of nitrogens with one attached hydrogen (secondary N) is 2. The summed E-state index contributed by atoms with van der Waals surface area (Å²) in [4.78, 5) is 27.2. The number of fused-ring (bicyclic) bond motifs is 1. The van der Waals surface area contributed by atoms with Gasteiger partial charge < -0.3 is 15.4 Å². The summed E-state index contributed by atoms with van der Waals surface area (Å²) < 4.78 is 0. The number of unbranched alkanes of at least 4 members (excludes halogenated alkanes) is 12. The molecular formula is C30H46N2O3. The van der Waals surface area contributed by atoms with E-state index in [4.69, 9.17) is 0 Å². The fraction of sp³-hybridized carbons (Fsp3) is 0.600. The highest BCUT2D eigenvalue weighted by atomic mass is 16.4. The SMILES string of the molecule is CCCCCCCCC/C=C\CCCCCCCC(=O)NC(Cc1c[nH]c2ccccc12)C(=O)O. The van der Waals surface area contributed by atoms with Gasteiger partial charge in [-0.2, -0.15) is 0 Å². The van der Waals surface area contributed by atoms with E-state index < -0.39 is 12.0 Å². The van der Waals surface area contributed by atoms with E-state index in [1.54, 1.807) is 0 Å². The fourth-order valence-electron chi connectivity index (χ4n) is 4.52. The molecule has 5 heteroatoms. The van der Waals surface area contributed by atoms with Gasteiger partial charge in [0.2, 0.25) is 5.91 Å². The van der Waals surface area contributed by atoms with Crippen molar-refractivity contribution >= 4 is 22.8 Å². The quantitative estimate of drug-likeness (QED) is 0.133. The minimum atomic E-state index is -0.997. The summed E-state index contributed by atoms with van der Waals surface area (Å²) in [5.74, 6) is -1.17. The molecule has 1 amide bonds. The lowest BCUT2D eigenvalue weighted by molar-refractivity contribution is -0.141. The molecule has 2 aromatic rings. The van der Waals surface area contributed by atoms with E-state index in [2.05, 4.69) is 29.4 Å². The molecule has 0 aliphatic heterocycles. The molecule has 0 aliphatic rings. The number of carboxylic acids is 1. The lowest BCUT2D eigenvalue weighted by Gasteiger charge is -2.14. The van der Waals surface area contributed by atoms with Crippen LogP contribution in [0.15, 0.2) is 42.6 Å². The van der Waals surface area contributed by atoms with E-state index in [1.165, 1.54) is 64.2 Å². The Labute approximate surface area is 211 Å². The topological polar surface area (TPSA) is 82.2 Å². The van der Waals surface area contributed by atoms with Crippen LogP contribution in [0.3, 0.4) is 0 Å². The maximum absolute atomic E-state index is 12.3. The van der Waals surface area contributed by atoms with Gasteiger partial charge in [0.05, 0.1) is 0 Å². The Morgan fingerprint density at radius 1 is 0.886 bits per heavy atom. The molecule has 3 N–H and O–H groups in total. The van der Waals surface area contributed by atoms with Gasteiger partial charge in [0, 0.05) is 29.9 Å². The Morgan fingerprint density at radius 3 is 2.14 bits per heavy atom. The molecule has 1 aromatic heterocycles. The van der Waals surface area contributed by atoms with Crippen LogP contribution < -0.4 is 5.32 Å². The van der Waals surface area contributed by atoms with Crippen molar-refractivity contribution in [1.82, 2.24) is 10.3 Å². The molecule has 1 aromatic carbocycles. The molecule has 1 atom stereocenters. The molecule has 1 unspecified atom stereocenters. The summed E-state index contributed by atoms with van der Waals surface area (Å²) in [6.45, 7) is 2.26. The lowest BCUT2D eigenvalue weighted by Crippen LogP contribution is -2.42. The highest BCUT2D eigenvalue weighted by molar-refractivity contribution is 5.86. The molecule has 194 valence electrons. The maximum atomic E-state index is 12.3. The van der Waals surface area contributed by atoms with E-state index in [-0.39, 0.29) is 12.3 Å². The van der Waals surface area contributed by atoms with Crippen molar-refractivity contribution in [3.05, 3.63) is 48.2 Å². The number of allylic oxidation sites excluding steroid dienone is 2. The number of aliphatic carboxylic acids is 1. The van der Waals surface area contributed by atoms with Crippen LogP contribution in [0.1, 0.15) is 109 Å². The van der Waals surface area contributed by atoms with Crippen LogP contribution in [0.25, 0.3) is 10.9 Å². The summed E-state index contributed by atoms with van der Waals surface area (Å²) in [5.41, 5.74) is 1.88. The zero-order valence-electron chi connectivity index (χ0n) is 21.7. The van der Waals surface area contributed by atoms with Crippen LogP contribution in [-0.2, 0) is 16.0 Å². The van der Waals surface area contributed by atoms with Gasteiger partial charge in [0.25, 0.3) is 0 Å². The van der Waals surface area contributed by atoms with Crippen molar-refractivity contribution in [2.75, 3.05) is 0 Å². The molecule has 5 nitrogen and oxygen atoms in total. The number of aromatic amines is 1. The van der Waals surface area contributed by atoms with Gasteiger partial charge in [-0.15, -0.1) is 0 Å². The predicted molar refractivity (Wildman–Crippen MR) is 146 cm³/mol. The largest absolute Gasteiger partial charge is 0.480 e. The van der Waals surface area contributed by atoms with Crippen LogP contribution in [-0.4, -0.2) is 28.0 Å².